The van der Waals surface area contributed by atoms with E-state index >= 15 is 0 Å². The highest BCUT2D eigenvalue weighted by Gasteiger charge is 2.19. The lowest BCUT2D eigenvalue weighted by atomic mass is 10.2. The minimum atomic E-state index is -0.331. The van der Waals surface area contributed by atoms with Gasteiger partial charge in [0.1, 0.15) is 0 Å². The van der Waals surface area contributed by atoms with Crippen molar-refractivity contribution in [1.29, 1.82) is 5.26 Å². The first-order valence-corrected chi connectivity index (χ1v) is 4.77. The molecule has 1 aromatic rings. The molecular formula is C11H9N3O2. The van der Waals surface area contributed by atoms with Crippen molar-refractivity contribution in [3.8, 4) is 6.07 Å². The second kappa shape index (κ2) is 4.69. The molecule has 0 unspecified atom stereocenters. The molecule has 0 aliphatic carbocycles. The summed E-state index contributed by atoms with van der Waals surface area (Å²) in [4.78, 5) is 0. The van der Waals surface area contributed by atoms with Gasteiger partial charge in [-0.1, -0.05) is 0 Å². The monoisotopic (exact) mass is 215 g/mol. The Hall–Kier alpha value is -1.99. The molecule has 1 fully saturated rings. The Morgan fingerprint density at radius 1 is 1.38 bits per heavy atom. The third kappa shape index (κ3) is 2.00. The Labute approximate surface area is 92.7 Å². The van der Waals surface area contributed by atoms with Gasteiger partial charge in [-0.3, -0.25) is 0 Å². The van der Waals surface area contributed by atoms with E-state index in [1.165, 1.54) is 4.57 Å². The Balaban J connectivity index is 2.22. The molecule has 0 aromatic carbocycles. The number of allylic oxidation sites excluding steroid dienone is 1. The molecule has 1 saturated heterocycles. The summed E-state index contributed by atoms with van der Waals surface area (Å²) in [7, 11) is 0. The van der Waals surface area contributed by atoms with E-state index in [2.05, 4.69) is 0 Å². The zero-order valence-electron chi connectivity index (χ0n) is 8.46. The predicted molar refractivity (Wildman–Crippen MR) is 55.0 cm³/mol. The van der Waals surface area contributed by atoms with E-state index in [4.69, 9.17) is 20.1 Å². The number of hydrogen-bond acceptors (Lipinski definition) is 3. The lowest BCUT2D eigenvalue weighted by molar-refractivity contribution is -0.576. The van der Waals surface area contributed by atoms with E-state index in [0.717, 1.165) is 5.56 Å². The third-order valence-corrected chi connectivity index (χ3v) is 2.22. The molecule has 0 amide bonds. The summed E-state index contributed by atoms with van der Waals surface area (Å²) in [6.45, 7) is 1.18. The van der Waals surface area contributed by atoms with Crippen LogP contribution in [0.4, 0.5) is 0 Å². The van der Waals surface area contributed by atoms with Crippen molar-refractivity contribution in [1.82, 2.24) is 0 Å². The topological polar surface area (TPSA) is 68.4 Å². The molecule has 16 heavy (non-hydrogen) atoms. The van der Waals surface area contributed by atoms with Crippen molar-refractivity contribution in [2.45, 2.75) is 6.29 Å². The largest absolute Gasteiger partial charge is 0.757 e. The van der Waals surface area contributed by atoms with Crippen LogP contribution < -0.4 is 4.57 Å². The summed E-state index contributed by atoms with van der Waals surface area (Å²) in [5.74, 6) is 1.81. The maximum Gasteiger partial charge on any atom is 0.309 e. The summed E-state index contributed by atoms with van der Waals surface area (Å²) < 4.78 is 12.1. The van der Waals surface area contributed by atoms with Crippen molar-refractivity contribution in [2.75, 3.05) is 13.2 Å². The second-order valence-corrected chi connectivity index (χ2v) is 3.18. The van der Waals surface area contributed by atoms with Crippen LogP contribution in [0.5, 0.6) is 0 Å². The highest BCUT2D eigenvalue weighted by molar-refractivity contribution is 5.84. The highest BCUT2D eigenvalue weighted by Crippen LogP contribution is 2.21. The summed E-state index contributed by atoms with van der Waals surface area (Å²) in [5, 5.41) is 17.4. The SMILES string of the molecule is N#CC(=C=[N-])[n+]1ccc(C2OCCO2)cc1. The van der Waals surface area contributed by atoms with Gasteiger partial charge in [0.15, 0.2) is 24.8 Å². The van der Waals surface area contributed by atoms with Crippen molar-refractivity contribution in [3.63, 3.8) is 0 Å². The maximum atomic E-state index is 8.68. The van der Waals surface area contributed by atoms with Crippen LogP contribution >= 0.6 is 0 Å². The van der Waals surface area contributed by atoms with Crippen LogP contribution in [0.2, 0.25) is 0 Å². The molecule has 1 aromatic heterocycles. The quantitative estimate of drug-likeness (QED) is 0.412. The van der Waals surface area contributed by atoms with E-state index in [1.54, 1.807) is 24.5 Å². The van der Waals surface area contributed by atoms with Crippen molar-refractivity contribution in [2.24, 2.45) is 0 Å². The van der Waals surface area contributed by atoms with Crippen LogP contribution in [0, 0.1) is 11.3 Å². The van der Waals surface area contributed by atoms with E-state index in [9.17, 15) is 0 Å². The van der Waals surface area contributed by atoms with Gasteiger partial charge in [0.05, 0.1) is 13.2 Å². The van der Waals surface area contributed by atoms with Gasteiger partial charge in [-0.25, -0.2) is 0 Å². The van der Waals surface area contributed by atoms with Gasteiger partial charge in [0.2, 0.25) is 0 Å². The van der Waals surface area contributed by atoms with Gasteiger partial charge < -0.3 is 14.9 Å². The molecule has 5 heteroatoms. The van der Waals surface area contributed by atoms with E-state index in [-0.39, 0.29) is 12.0 Å². The molecule has 1 aliphatic heterocycles. The molecule has 0 bridgehead atoms. The number of ether oxygens (including phenoxy) is 2. The molecule has 0 N–H and O–H groups in total. The molecule has 2 rings (SSSR count). The minimum absolute atomic E-state index is 0.0276. The van der Waals surface area contributed by atoms with Crippen molar-refractivity contribution >= 4 is 11.6 Å². The fourth-order valence-corrected chi connectivity index (χ4v) is 1.44. The third-order valence-electron chi connectivity index (χ3n) is 2.22. The Morgan fingerprint density at radius 3 is 2.50 bits per heavy atom. The van der Waals surface area contributed by atoms with Crippen LogP contribution in [0.15, 0.2) is 24.5 Å². The summed E-state index contributed by atoms with van der Waals surface area (Å²) in [6.07, 6.45) is 2.95. The number of rotatable bonds is 2. The van der Waals surface area contributed by atoms with Crippen LogP contribution in [-0.2, 0) is 9.47 Å². The molecule has 5 nitrogen and oxygen atoms in total. The summed E-state index contributed by atoms with van der Waals surface area (Å²) >= 11 is 0. The van der Waals surface area contributed by atoms with Crippen LogP contribution in [-0.4, -0.2) is 19.1 Å². The fourth-order valence-electron chi connectivity index (χ4n) is 1.44. The standard InChI is InChI=1S/C11H9N3O2/c12-7-10(8-13)14-3-1-9(2-4-14)11-15-5-6-16-11/h1-4,11H,5-6H2. The normalized spacial score (nSPS) is 15.4. The molecule has 80 valence electrons. The van der Waals surface area contributed by atoms with Crippen LogP contribution in [0.1, 0.15) is 11.9 Å². The average Bonchev–Trinajstić information content (AvgIpc) is 2.85. The molecule has 0 spiro atoms. The summed E-state index contributed by atoms with van der Waals surface area (Å²) in [6, 6.07) is 5.35. The molecular weight excluding hydrogens is 206 g/mol. The van der Waals surface area contributed by atoms with Gasteiger partial charge in [-0.15, -0.1) is 0 Å². The molecule has 0 atom stereocenters. The first kappa shape index (κ1) is 10.5. The summed E-state index contributed by atoms with van der Waals surface area (Å²) in [5.41, 5.74) is 0.906. The van der Waals surface area contributed by atoms with E-state index in [0.29, 0.717) is 13.2 Å². The smallest absolute Gasteiger partial charge is 0.309 e. The molecule has 0 saturated carbocycles. The Morgan fingerprint density at radius 2 is 2.00 bits per heavy atom. The van der Waals surface area contributed by atoms with E-state index in [1.807, 2.05) is 11.9 Å². The number of pyridine rings is 1. The molecule has 1 aliphatic rings. The van der Waals surface area contributed by atoms with Crippen LogP contribution in [0.25, 0.3) is 11.1 Å². The lowest BCUT2D eigenvalue weighted by Gasteiger charge is -2.07. The lowest BCUT2D eigenvalue weighted by Crippen LogP contribution is -2.31. The average molecular weight is 215 g/mol. The van der Waals surface area contributed by atoms with Crippen molar-refractivity contribution in [3.05, 3.63) is 35.5 Å². The van der Waals surface area contributed by atoms with Gasteiger partial charge >= 0.3 is 5.70 Å². The molecule has 0 radical (unpaired) electrons. The number of nitrogens with zero attached hydrogens (tertiary/aromatic N) is 3. The zero-order valence-corrected chi connectivity index (χ0v) is 8.46. The number of nitriles is 1. The maximum absolute atomic E-state index is 8.68. The zero-order chi connectivity index (χ0) is 11.4. The fraction of sp³-hybridized carbons (Fsp3) is 0.273. The second-order valence-electron chi connectivity index (χ2n) is 3.18. The van der Waals surface area contributed by atoms with Gasteiger partial charge in [-0.05, 0) is 0 Å². The highest BCUT2D eigenvalue weighted by atomic mass is 16.7. The van der Waals surface area contributed by atoms with Gasteiger partial charge in [-0.2, -0.15) is 15.7 Å². The molecule has 2 heterocycles. The Kier molecular flexibility index (Phi) is 3.08. The van der Waals surface area contributed by atoms with Gasteiger partial charge in [0, 0.05) is 17.7 Å². The van der Waals surface area contributed by atoms with Crippen LogP contribution in [0.3, 0.4) is 0 Å². The Bertz CT molecular complexity index is 463. The predicted octanol–water partition coefficient (Wildman–Crippen LogP) is 0.623. The van der Waals surface area contributed by atoms with Gasteiger partial charge in [0.25, 0.3) is 0 Å². The van der Waals surface area contributed by atoms with E-state index < -0.39 is 0 Å². The minimum Gasteiger partial charge on any atom is -0.757 e. The number of aromatic nitrogens is 1. The first-order chi connectivity index (χ1) is 7.85. The first-order valence-electron chi connectivity index (χ1n) is 4.77. The van der Waals surface area contributed by atoms with Crippen molar-refractivity contribution < 1.29 is 14.0 Å². The number of hydrogen-bond donors (Lipinski definition) is 0.